The van der Waals surface area contributed by atoms with Gasteiger partial charge >= 0.3 is 29.8 Å². The smallest absolute Gasteiger partial charge is 0.339 e. The number of carbonyl (C=O) groups excluding carboxylic acids is 4. The highest BCUT2D eigenvalue weighted by molar-refractivity contribution is 7.08. The van der Waals surface area contributed by atoms with E-state index in [2.05, 4.69) is 0 Å². The maximum atomic E-state index is 13.2. The molecule has 0 amide bonds. The Morgan fingerprint density at radius 1 is 0.786 bits per heavy atom. The molecule has 13 heteroatoms. The second kappa shape index (κ2) is 13.7. The lowest BCUT2D eigenvalue weighted by atomic mass is 9.95. The Morgan fingerprint density at radius 2 is 1.26 bits per heavy atom. The fourth-order valence-electron chi connectivity index (χ4n) is 3.20. The van der Waals surface area contributed by atoms with Gasteiger partial charge in [-0.2, -0.15) is 22.7 Å². The van der Waals surface area contributed by atoms with Crippen molar-refractivity contribution in [3.8, 4) is 11.5 Å². The number of nitrogens with two attached hydrogens (primary N) is 1. The number of benzene rings is 1. The second-order valence-corrected chi connectivity index (χ2v) is 12.2. The fraction of sp³-hybridized carbons (Fsp3) is 0.345. The van der Waals surface area contributed by atoms with Crippen LogP contribution < -0.4 is 15.2 Å². The molecule has 0 saturated carbocycles. The standard InChI is InChI=1S/C29H31NO10S2/c1-28(2,15-37-24(33)18-7-9-41-13-18)26(35)39-21-6-5-17(11-20(30)23(31)32)12-22(21)40-27(36)29(3,4)16-38-25(34)19-8-10-42-14-19/h5-10,12-14,20H,11,15-16,30H2,1-4H3,(H,31,32). The predicted molar refractivity (Wildman–Crippen MR) is 154 cm³/mol. The van der Waals surface area contributed by atoms with Crippen LogP contribution in [-0.4, -0.2) is 54.2 Å². The van der Waals surface area contributed by atoms with Crippen LogP contribution in [-0.2, 0) is 30.3 Å². The van der Waals surface area contributed by atoms with Gasteiger partial charge in [0.05, 0.1) is 22.0 Å². The van der Waals surface area contributed by atoms with Gasteiger partial charge in [0, 0.05) is 10.8 Å². The van der Waals surface area contributed by atoms with Gasteiger partial charge in [0.25, 0.3) is 0 Å². The van der Waals surface area contributed by atoms with E-state index in [1.807, 2.05) is 0 Å². The molecule has 0 spiro atoms. The van der Waals surface area contributed by atoms with E-state index in [-0.39, 0.29) is 31.1 Å². The van der Waals surface area contributed by atoms with Gasteiger partial charge in [-0.05, 0) is 74.7 Å². The van der Waals surface area contributed by atoms with Crippen molar-refractivity contribution in [1.29, 1.82) is 0 Å². The van der Waals surface area contributed by atoms with Crippen molar-refractivity contribution in [2.75, 3.05) is 13.2 Å². The quantitative estimate of drug-likeness (QED) is 0.207. The molecule has 0 aliphatic rings. The molecule has 0 saturated heterocycles. The molecule has 1 unspecified atom stereocenters. The fourth-order valence-corrected chi connectivity index (χ4v) is 4.45. The number of carboxylic acids is 1. The molecular weight excluding hydrogens is 586 g/mol. The summed E-state index contributed by atoms with van der Waals surface area (Å²) in [6.45, 7) is 5.47. The summed E-state index contributed by atoms with van der Waals surface area (Å²) in [4.78, 5) is 62.0. The van der Waals surface area contributed by atoms with Crippen LogP contribution in [0.5, 0.6) is 11.5 Å². The van der Waals surface area contributed by atoms with Gasteiger partial charge in [-0.25, -0.2) is 9.59 Å². The molecule has 0 radical (unpaired) electrons. The van der Waals surface area contributed by atoms with E-state index in [0.717, 1.165) is 0 Å². The first-order valence-corrected chi connectivity index (χ1v) is 14.5. The van der Waals surface area contributed by atoms with E-state index < -0.39 is 46.7 Å². The van der Waals surface area contributed by atoms with Gasteiger partial charge in [0.1, 0.15) is 19.3 Å². The Morgan fingerprint density at radius 3 is 1.69 bits per heavy atom. The van der Waals surface area contributed by atoms with Crippen LogP contribution in [0, 0.1) is 10.8 Å². The monoisotopic (exact) mass is 617 g/mol. The van der Waals surface area contributed by atoms with Crippen molar-refractivity contribution in [3.63, 3.8) is 0 Å². The first-order chi connectivity index (χ1) is 19.7. The van der Waals surface area contributed by atoms with E-state index in [4.69, 9.17) is 24.7 Å². The molecule has 3 aromatic rings. The largest absolute Gasteiger partial charge is 0.480 e. The summed E-state index contributed by atoms with van der Waals surface area (Å²) >= 11 is 2.65. The topological polar surface area (TPSA) is 169 Å². The van der Waals surface area contributed by atoms with Gasteiger partial charge in [0.15, 0.2) is 11.5 Å². The minimum Gasteiger partial charge on any atom is -0.480 e. The van der Waals surface area contributed by atoms with Gasteiger partial charge in [-0.3, -0.25) is 14.4 Å². The highest BCUT2D eigenvalue weighted by Crippen LogP contribution is 2.33. The number of carbonyl (C=O) groups is 5. The molecule has 11 nitrogen and oxygen atoms in total. The number of esters is 4. The molecule has 2 aromatic heterocycles. The first kappa shape index (κ1) is 32.4. The zero-order valence-corrected chi connectivity index (χ0v) is 25.0. The lowest BCUT2D eigenvalue weighted by Crippen LogP contribution is -2.36. The van der Waals surface area contributed by atoms with Crippen molar-refractivity contribution in [3.05, 3.63) is 68.5 Å². The number of thiophene rings is 2. The third-order valence-electron chi connectivity index (χ3n) is 5.93. The maximum absolute atomic E-state index is 13.2. The lowest BCUT2D eigenvalue weighted by molar-refractivity contribution is -0.149. The van der Waals surface area contributed by atoms with E-state index >= 15 is 0 Å². The summed E-state index contributed by atoms with van der Waals surface area (Å²) in [7, 11) is 0. The van der Waals surface area contributed by atoms with Gasteiger partial charge in [-0.15, -0.1) is 0 Å². The van der Waals surface area contributed by atoms with Crippen LogP contribution in [0.4, 0.5) is 0 Å². The minimum atomic E-state index is -1.31. The molecule has 1 aromatic carbocycles. The molecule has 42 heavy (non-hydrogen) atoms. The van der Waals surface area contributed by atoms with E-state index in [0.29, 0.717) is 16.7 Å². The minimum absolute atomic E-state index is 0.0974. The normalized spacial score (nSPS) is 12.2. The Labute approximate surface area is 250 Å². The van der Waals surface area contributed by atoms with Crippen LogP contribution in [0.15, 0.2) is 51.9 Å². The molecule has 2 heterocycles. The first-order valence-electron chi connectivity index (χ1n) is 12.6. The van der Waals surface area contributed by atoms with E-state index in [1.165, 1.54) is 68.6 Å². The summed E-state index contributed by atoms with van der Waals surface area (Å²) in [5.74, 6) is -4.31. The Bertz CT molecular complexity index is 1430. The van der Waals surface area contributed by atoms with Crippen LogP contribution in [0.2, 0.25) is 0 Å². The number of aliphatic carboxylic acids is 1. The van der Waals surface area contributed by atoms with E-state index in [1.54, 1.807) is 33.7 Å². The SMILES string of the molecule is CC(C)(COC(=O)c1ccsc1)C(=O)Oc1ccc(CC(N)C(=O)O)cc1OC(=O)C(C)(C)COC(=O)c1ccsc1. The maximum Gasteiger partial charge on any atom is 0.339 e. The molecule has 0 bridgehead atoms. The van der Waals surface area contributed by atoms with Crippen molar-refractivity contribution in [2.24, 2.45) is 16.6 Å². The average Bonchev–Trinajstić information content (AvgIpc) is 3.67. The van der Waals surface area contributed by atoms with Gasteiger partial charge in [0.2, 0.25) is 0 Å². The summed E-state index contributed by atoms with van der Waals surface area (Å²) in [6.07, 6.45) is -0.0974. The third-order valence-corrected chi connectivity index (χ3v) is 7.30. The molecule has 224 valence electrons. The molecule has 3 rings (SSSR count). The molecule has 0 aliphatic heterocycles. The predicted octanol–water partition coefficient (Wildman–Crippen LogP) is 4.34. The van der Waals surface area contributed by atoms with Crippen molar-refractivity contribution in [2.45, 2.75) is 40.2 Å². The molecule has 3 N–H and O–H groups in total. The molecule has 0 fully saturated rings. The van der Waals surface area contributed by atoms with Crippen molar-refractivity contribution >= 4 is 52.5 Å². The highest BCUT2D eigenvalue weighted by atomic mass is 32.1. The van der Waals surface area contributed by atoms with Gasteiger partial charge < -0.3 is 29.8 Å². The Kier molecular flexibility index (Phi) is 10.6. The number of hydrogen-bond acceptors (Lipinski definition) is 12. The highest BCUT2D eigenvalue weighted by Gasteiger charge is 2.35. The van der Waals surface area contributed by atoms with Crippen LogP contribution in [0.25, 0.3) is 0 Å². The molecule has 0 aliphatic carbocycles. The van der Waals surface area contributed by atoms with E-state index in [9.17, 15) is 29.1 Å². The molecule has 1 atom stereocenters. The lowest BCUT2D eigenvalue weighted by Gasteiger charge is -2.24. The zero-order valence-electron chi connectivity index (χ0n) is 23.4. The summed E-state index contributed by atoms with van der Waals surface area (Å²) in [5.41, 5.74) is 4.18. The Hall–Kier alpha value is -4.07. The average molecular weight is 618 g/mol. The number of ether oxygens (including phenoxy) is 4. The summed E-state index contributed by atoms with van der Waals surface area (Å²) < 4.78 is 21.7. The zero-order chi connectivity index (χ0) is 31.1. The van der Waals surface area contributed by atoms with Crippen molar-refractivity contribution < 1.29 is 48.0 Å². The molecular formula is C29H31NO10S2. The van der Waals surface area contributed by atoms with Crippen molar-refractivity contribution in [1.82, 2.24) is 0 Å². The van der Waals surface area contributed by atoms with Crippen LogP contribution in [0.3, 0.4) is 0 Å². The summed E-state index contributed by atoms with van der Waals surface area (Å²) in [6, 6.07) is 6.15. The number of hydrogen-bond donors (Lipinski definition) is 2. The third kappa shape index (κ3) is 8.71. The van der Waals surface area contributed by atoms with Gasteiger partial charge in [-0.1, -0.05) is 6.07 Å². The number of rotatable bonds is 13. The number of carboxylic acid groups (broad SMARTS) is 1. The van der Waals surface area contributed by atoms with Crippen LogP contribution >= 0.6 is 22.7 Å². The van der Waals surface area contributed by atoms with Crippen LogP contribution in [0.1, 0.15) is 54.0 Å². The Balaban J connectivity index is 1.77. The second-order valence-electron chi connectivity index (χ2n) is 10.7. The summed E-state index contributed by atoms with van der Waals surface area (Å²) in [5, 5.41) is 15.9.